The Kier molecular flexibility index (Phi) is 9.52. The second kappa shape index (κ2) is 14.1. The first-order chi connectivity index (χ1) is 22.9. The Balaban J connectivity index is 1.29. The maximum Gasteiger partial charge on any atom is 0.333 e. The van der Waals surface area contributed by atoms with Crippen molar-refractivity contribution in [1.29, 1.82) is 5.26 Å². The van der Waals surface area contributed by atoms with Crippen molar-refractivity contribution >= 4 is 34.3 Å². The van der Waals surface area contributed by atoms with Crippen molar-refractivity contribution in [2.75, 3.05) is 45.7 Å². The molecule has 3 aromatic rings. The number of piperazine rings is 1. The van der Waals surface area contributed by atoms with E-state index in [1.807, 2.05) is 92.0 Å². The number of carbonyl (C=O) groups excluding carboxylic acids is 3. The zero-order valence-electron chi connectivity index (χ0n) is 26.6. The highest BCUT2D eigenvalue weighted by molar-refractivity contribution is 5.92. The fraction of sp³-hybridized carbons (Fsp3) is 0.333. The number of ether oxygens (including phenoxy) is 1. The van der Waals surface area contributed by atoms with Crippen molar-refractivity contribution in [3.8, 4) is 6.07 Å². The lowest BCUT2D eigenvalue weighted by Gasteiger charge is -2.46. The lowest BCUT2D eigenvalue weighted by atomic mass is 9.98. The highest BCUT2D eigenvalue weighted by Gasteiger charge is 2.52. The highest BCUT2D eigenvalue weighted by Crippen LogP contribution is 2.31. The molecule has 11 heteroatoms. The van der Waals surface area contributed by atoms with Crippen LogP contribution in [-0.4, -0.2) is 96.3 Å². The van der Waals surface area contributed by atoms with Gasteiger partial charge in [0, 0.05) is 39.4 Å². The number of hydrogen-bond acceptors (Lipinski definition) is 7. The number of nitrogens with one attached hydrogen (secondary N) is 2. The Bertz CT molecular complexity index is 1740. The first-order valence-electron chi connectivity index (χ1n) is 15.8. The van der Waals surface area contributed by atoms with Crippen LogP contribution in [0.2, 0.25) is 0 Å². The Morgan fingerprint density at radius 2 is 1.87 bits per heavy atom. The van der Waals surface area contributed by atoms with Crippen molar-refractivity contribution in [3.63, 3.8) is 0 Å². The minimum Gasteiger partial charge on any atom is -0.388 e. The fourth-order valence-electron chi connectivity index (χ4n) is 6.62. The summed E-state index contributed by atoms with van der Waals surface area (Å²) in [6, 6.07) is 22.7. The summed E-state index contributed by atoms with van der Waals surface area (Å²) >= 11 is 0. The summed E-state index contributed by atoms with van der Waals surface area (Å²) in [5.41, 5.74) is 3.78. The van der Waals surface area contributed by atoms with Crippen LogP contribution >= 0.6 is 0 Å². The zero-order valence-corrected chi connectivity index (χ0v) is 26.6. The van der Waals surface area contributed by atoms with Crippen molar-refractivity contribution in [3.05, 3.63) is 102 Å². The Hall–Kier alpha value is -5.18. The van der Waals surface area contributed by atoms with Crippen LogP contribution in [0.3, 0.4) is 0 Å². The van der Waals surface area contributed by atoms with E-state index in [0.29, 0.717) is 19.4 Å². The van der Waals surface area contributed by atoms with Crippen LogP contribution in [-0.2, 0) is 27.3 Å². The summed E-state index contributed by atoms with van der Waals surface area (Å²) < 4.78 is 5.36. The molecule has 242 valence electrons. The number of methoxy groups -OCH3 is 1. The lowest BCUT2D eigenvalue weighted by molar-refractivity contribution is -0.157. The Labute approximate surface area is 274 Å². The molecule has 3 atom stereocenters. The third kappa shape index (κ3) is 6.70. The number of urea groups is 1. The topological polar surface area (TPSA) is 121 Å². The molecule has 2 aliphatic heterocycles. The molecule has 1 aliphatic carbocycles. The predicted octanol–water partition coefficient (Wildman–Crippen LogP) is 3.66. The van der Waals surface area contributed by atoms with E-state index < -0.39 is 18.2 Å². The summed E-state index contributed by atoms with van der Waals surface area (Å²) in [7, 11) is 3.50. The molecule has 4 amide bonds. The van der Waals surface area contributed by atoms with Gasteiger partial charge in [-0.3, -0.25) is 9.59 Å². The van der Waals surface area contributed by atoms with E-state index in [-0.39, 0.29) is 44.1 Å². The molecular formula is C36H39N7O4. The van der Waals surface area contributed by atoms with Gasteiger partial charge in [-0.15, -0.1) is 0 Å². The van der Waals surface area contributed by atoms with Gasteiger partial charge in [0.05, 0.1) is 25.3 Å². The normalized spacial score (nSPS) is 21.0. The molecule has 2 fully saturated rings. The molecule has 0 bridgehead atoms. The number of carbonyl (C=O) groups is 3. The van der Waals surface area contributed by atoms with Crippen LogP contribution in [0.4, 0.5) is 10.5 Å². The minimum absolute atomic E-state index is 0.00570. The van der Waals surface area contributed by atoms with Gasteiger partial charge >= 0.3 is 6.03 Å². The maximum absolute atomic E-state index is 14.3. The summed E-state index contributed by atoms with van der Waals surface area (Å²) in [5.74, 6) is -0.409. The van der Waals surface area contributed by atoms with Gasteiger partial charge in [-0.2, -0.15) is 10.3 Å². The van der Waals surface area contributed by atoms with E-state index in [0.717, 1.165) is 33.2 Å². The molecule has 2 heterocycles. The van der Waals surface area contributed by atoms with E-state index in [1.54, 1.807) is 21.9 Å². The average molecular weight is 634 g/mol. The molecule has 11 nitrogen and oxygen atoms in total. The zero-order chi connectivity index (χ0) is 32.9. The molecule has 3 aromatic carbocycles. The van der Waals surface area contributed by atoms with Gasteiger partial charge in [-0.1, -0.05) is 72.8 Å². The number of benzene rings is 3. The molecule has 3 aliphatic rings. The number of hydrazine groups is 1. The number of rotatable bonds is 10. The monoisotopic (exact) mass is 633 g/mol. The van der Waals surface area contributed by atoms with Gasteiger partial charge in [-0.25, -0.2) is 9.80 Å². The van der Waals surface area contributed by atoms with E-state index in [2.05, 4.69) is 16.7 Å². The molecule has 2 saturated heterocycles. The molecular weight excluding hydrogens is 594 g/mol. The van der Waals surface area contributed by atoms with Crippen LogP contribution in [0.25, 0.3) is 10.8 Å². The lowest BCUT2D eigenvalue weighted by Crippen LogP contribution is -2.66. The van der Waals surface area contributed by atoms with Gasteiger partial charge in [0.2, 0.25) is 11.8 Å². The van der Waals surface area contributed by atoms with E-state index in [9.17, 15) is 19.6 Å². The SMILES string of the molecule is CNc1ccc(C[C@H]2C(=O)N(Cc3cccc4ccccc34)C[C@H]3N2C(=O)CN3N(CC#N)C(=O)NCC2=CCC(OC)C=C2)cc1. The summed E-state index contributed by atoms with van der Waals surface area (Å²) in [6.45, 7) is 0.417. The largest absolute Gasteiger partial charge is 0.388 e. The molecule has 0 saturated carbocycles. The summed E-state index contributed by atoms with van der Waals surface area (Å²) in [5, 5.41) is 20.9. The molecule has 0 radical (unpaired) electrons. The van der Waals surface area contributed by atoms with Gasteiger partial charge in [-0.05, 0) is 46.0 Å². The van der Waals surface area contributed by atoms with Crippen molar-refractivity contribution in [1.82, 2.24) is 25.1 Å². The number of nitrogens with zero attached hydrogens (tertiary/aromatic N) is 5. The van der Waals surface area contributed by atoms with Crippen molar-refractivity contribution in [2.45, 2.75) is 37.7 Å². The standard InChI is InChI=1S/C36H39N7O4/c1-38-29-14-10-25(11-15-29)20-32-35(45)40(22-28-8-5-7-27-6-3-4-9-31(27)28)23-33-42(24-34(44)43(32)33)41(19-18-37)36(46)39-21-26-12-16-30(47-2)17-13-26/h3-16,30,32-33,38H,17,19-24H2,1-2H3,(H,39,46)/t30?,32-,33+/m0/s1. The smallest absolute Gasteiger partial charge is 0.333 e. The predicted molar refractivity (Wildman–Crippen MR) is 179 cm³/mol. The second-order valence-electron chi connectivity index (χ2n) is 11.9. The number of anilines is 1. The van der Waals surface area contributed by atoms with E-state index in [1.165, 1.54) is 5.01 Å². The molecule has 0 spiro atoms. The van der Waals surface area contributed by atoms with Crippen LogP contribution in [0, 0.1) is 11.3 Å². The molecule has 1 unspecified atom stereocenters. The number of hydrogen-bond donors (Lipinski definition) is 2. The summed E-state index contributed by atoms with van der Waals surface area (Å²) in [4.78, 5) is 45.0. The van der Waals surface area contributed by atoms with E-state index >= 15 is 0 Å². The first-order valence-corrected chi connectivity index (χ1v) is 15.8. The number of fused-ring (bicyclic) bond motifs is 2. The number of nitriles is 1. The molecule has 0 aromatic heterocycles. The van der Waals surface area contributed by atoms with Crippen LogP contribution < -0.4 is 10.6 Å². The Morgan fingerprint density at radius 3 is 2.60 bits per heavy atom. The third-order valence-electron chi connectivity index (χ3n) is 9.13. The van der Waals surface area contributed by atoms with Gasteiger partial charge in [0.15, 0.2) is 0 Å². The molecule has 2 N–H and O–H groups in total. The average Bonchev–Trinajstić information content (AvgIpc) is 3.43. The van der Waals surface area contributed by atoms with Crippen molar-refractivity contribution < 1.29 is 19.1 Å². The van der Waals surface area contributed by atoms with Gasteiger partial charge in [0.1, 0.15) is 18.8 Å². The Morgan fingerprint density at radius 1 is 1.09 bits per heavy atom. The van der Waals surface area contributed by atoms with Gasteiger partial charge in [0.25, 0.3) is 0 Å². The fourth-order valence-corrected chi connectivity index (χ4v) is 6.62. The first kappa shape index (κ1) is 31.8. The molecule has 6 rings (SSSR count). The highest BCUT2D eigenvalue weighted by atomic mass is 16.5. The quantitative estimate of drug-likeness (QED) is 0.327. The maximum atomic E-state index is 14.3. The molecule has 47 heavy (non-hydrogen) atoms. The summed E-state index contributed by atoms with van der Waals surface area (Å²) in [6.07, 6.45) is 6.27. The van der Waals surface area contributed by atoms with Crippen LogP contribution in [0.15, 0.2) is 90.5 Å². The third-order valence-corrected chi connectivity index (χ3v) is 9.13. The van der Waals surface area contributed by atoms with Crippen LogP contribution in [0.1, 0.15) is 17.5 Å². The minimum atomic E-state index is -0.778. The van der Waals surface area contributed by atoms with Gasteiger partial charge < -0.3 is 25.2 Å². The van der Waals surface area contributed by atoms with E-state index in [4.69, 9.17) is 4.74 Å². The number of amides is 4. The van der Waals surface area contributed by atoms with Crippen LogP contribution in [0.5, 0.6) is 0 Å². The second-order valence-corrected chi connectivity index (χ2v) is 11.9. The van der Waals surface area contributed by atoms with Crippen molar-refractivity contribution in [2.24, 2.45) is 0 Å².